The molecule has 0 amide bonds. The molecule has 1 heterocycles. The van der Waals surface area contributed by atoms with E-state index in [0.717, 1.165) is 6.07 Å². The van der Waals surface area contributed by atoms with Gasteiger partial charge in [-0.15, -0.1) is 0 Å². The molecule has 1 aromatic rings. The molecule has 1 aromatic carbocycles. The molecule has 23 heavy (non-hydrogen) atoms. The number of anilines is 1. The van der Waals surface area contributed by atoms with Gasteiger partial charge in [0.05, 0.1) is 12.6 Å². The van der Waals surface area contributed by atoms with Crippen LogP contribution in [-0.2, 0) is 0 Å². The Balaban J connectivity index is 1.95. The second-order valence-electron chi connectivity index (χ2n) is 5.94. The van der Waals surface area contributed by atoms with Crippen molar-refractivity contribution in [3.63, 3.8) is 0 Å². The van der Waals surface area contributed by atoms with Crippen LogP contribution in [0.15, 0.2) is 18.2 Å². The Morgan fingerprint density at radius 2 is 2.00 bits per heavy atom. The van der Waals surface area contributed by atoms with Crippen LogP contribution in [0.4, 0.5) is 33.3 Å². The summed E-state index contributed by atoms with van der Waals surface area (Å²) in [6.45, 7) is 7.17. The number of hydrogen-bond donors (Lipinski definition) is 1. The Kier molecular flexibility index (Phi) is 3.71. The number of nitrogens with zero attached hydrogens (tertiary/aromatic N) is 2. The van der Waals surface area contributed by atoms with Gasteiger partial charge in [-0.3, -0.25) is 0 Å². The van der Waals surface area contributed by atoms with Crippen molar-refractivity contribution in [2.45, 2.75) is 31.2 Å². The van der Waals surface area contributed by atoms with Crippen LogP contribution in [0, 0.1) is 18.4 Å². The van der Waals surface area contributed by atoms with E-state index in [1.165, 1.54) is 17.0 Å². The van der Waals surface area contributed by atoms with E-state index in [0.29, 0.717) is 13.0 Å². The summed E-state index contributed by atoms with van der Waals surface area (Å²) in [5.41, 5.74) is -0.535. The van der Waals surface area contributed by atoms with Gasteiger partial charge in [0.15, 0.2) is 11.8 Å². The topological polar surface area (TPSA) is 27.8 Å². The number of halogens is 5. The number of aliphatic hydroxyl groups excluding tert-OH is 1. The first kappa shape index (κ1) is 16.0. The first-order valence-corrected chi connectivity index (χ1v) is 7.05. The van der Waals surface area contributed by atoms with Gasteiger partial charge in [-0.1, -0.05) is 6.07 Å². The van der Waals surface area contributed by atoms with Crippen molar-refractivity contribution in [1.29, 1.82) is 0 Å². The van der Waals surface area contributed by atoms with Crippen LogP contribution in [0.3, 0.4) is 0 Å². The van der Waals surface area contributed by atoms with Crippen LogP contribution in [0.1, 0.15) is 18.4 Å². The van der Waals surface area contributed by atoms with E-state index < -0.39 is 30.3 Å². The minimum absolute atomic E-state index is 0.0486. The summed E-state index contributed by atoms with van der Waals surface area (Å²) >= 11 is 0. The van der Waals surface area contributed by atoms with E-state index in [-0.39, 0.29) is 23.2 Å². The quantitative estimate of drug-likeness (QED) is 0.671. The summed E-state index contributed by atoms with van der Waals surface area (Å²) in [5, 5.41) is 9.63. The first-order valence-electron chi connectivity index (χ1n) is 7.05. The zero-order valence-corrected chi connectivity index (χ0v) is 11.8. The molecule has 0 radical (unpaired) electrons. The number of rotatable bonds is 3. The molecule has 3 nitrogen and oxygen atoms in total. The van der Waals surface area contributed by atoms with Crippen LogP contribution >= 0.6 is 0 Å². The Morgan fingerprint density at radius 3 is 2.57 bits per heavy atom. The number of alkyl halides is 5. The molecular formula is C15H13F5N2O. The SMILES string of the molecule is [C-]#[N+]c1ccc(N2C[C@H]3C[C@H]3[C@@H]2[C@H](O)C(F)(F)F)cc1C(F)F. The molecule has 3 rings (SSSR count). The fraction of sp³-hybridized carbons (Fsp3) is 0.533. The molecule has 1 N–H and O–H groups in total. The van der Waals surface area contributed by atoms with Gasteiger partial charge in [0.1, 0.15) is 0 Å². The Labute approximate surface area is 129 Å². The number of benzene rings is 1. The predicted octanol–water partition coefficient (Wildman–Crippen LogP) is 3.92. The van der Waals surface area contributed by atoms with E-state index in [4.69, 9.17) is 6.57 Å². The molecule has 1 aliphatic carbocycles. The predicted molar refractivity (Wildman–Crippen MR) is 72.5 cm³/mol. The van der Waals surface area contributed by atoms with Crippen molar-refractivity contribution in [2.24, 2.45) is 11.8 Å². The van der Waals surface area contributed by atoms with Crippen molar-refractivity contribution < 1.29 is 27.1 Å². The van der Waals surface area contributed by atoms with Crippen molar-refractivity contribution in [2.75, 3.05) is 11.4 Å². The standard InChI is InChI=1S/C15H13F5N2O/c1-21-11-3-2-8(5-10(11)14(16)17)22-6-7-4-9(7)12(22)13(23)15(18,19)20/h2-3,5,7,9,12-14,23H,4,6H2/t7-,9-,12-,13+/m1/s1. The first-order chi connectivity index (χ1) is 10.7. The molecule has 8 heteroatoms. The van der Waals surface area contributed by atoms with Gasteiger partial charge in [-0.25, -0.2) is 13.6 Å². The molecule has 1 saturated carbocycles. The molecule has 4 atom stereocenters. The molecule has 2 aliphatic rings. The third kappa shape index (κ3) is 2.74. The molecule has 1 aliphatic heterocycles. The highest BCUT2D eigenvalue weighted by molar-refractivity contribution is 5.63. The maximum absolute atomic E-state index is 13.0. The molecule has 0 bridgehead atoms. The lowest BCUT2D eigenvalue weighted by Crippen LogP contribution is -2.49. The fourth-order valence-electron chi connectivity index (χ4n) is 3.38. The second kappa shape index (κ2) is 5.34. The minimum atomic E-state index is -4.76. The molecular weight excluding hydrogens is 319 g/mol. The van der Waals surface area contributed by atoms with Crippen molar-refractivity contribution in [3.8, 4) is 0 Å². The van der Waals surface area contributed by atoms with Crippen LogP contribution in [0.2, 0.25) is 0 Å². The summed E-state index contributed by atoms with van der Waals surface area (Å²) < 4.78 is 64.7. The van der Waals surface area contributed by atoms with Gasteiger partial charge in [-0.05, 0) is 30.4 Å². The highest BCUT2D eigenvalue weighted by atomic mass is 19.4. The summed E-state index contributed by atoms with van der Waals surface area (Å²) in [6, 6.07) is 2.44. The molecule has 0 aromatic heterocycles. The van der Waals surface area contributed by atoms with Crippen molar-refractivity contribution in [3.05, 3.63) is 35.2 Å². The van der Waals surface area contributed by atoms with Gasteiger partial charge in [0.2, 0.25) is 0 Å². The van der Waals surface area contributed by atoms with Gasteiger partial charge in [0, 0.05) is 17.8 Å². The highest BCUT2D eigenvalue weighted by Crippen LogP contribution is 2.53. The smallest absolute Gasteiger partial charge is 0.382 e. The summed E-state index contributed by atoms with van der Waals surface area (Å²) in [7, 11) is 0. The van der Waals surface area contributed by atoms with Crippen molar-refractivity contribution >= 4 is 11.4 Å². The zero-order valence-electron chi connectivity index (χ0n) is 11.8. The fourth-order valence-corrected chi connectivity index (χ4v) is 3.38. The molecule has 0 unspecified atom stereocenters. The molecule has 2 fully saturated rings. The number of aliphatic hydroxyl groups is 1. The second-order valence-corrected chi connectivity index (χ2v) is 5.94. The third-order valence-electron chi connectivity index (χ3n) is 4.56. The average molecular weight is 332 g/mol. The maximum Gasteiger partial charge on any atom is 0.416 e. The lowest BCUT2D eigenvalue weighted by Gasteiger charge is -2.34. The number of piperidine rings is 1. The molecule has 1 saturated heterocycles. The van der Waals surface area contributed by atoms with Crippen molar-refractivity contribution in [1.82, 2.24) is 0 Å². The van der Waals surface area contributed by atoms with Crippen LogP contribution in [-0.4, -0.2) is 30.0 Å². The zero-order chi connectivity index (χ0) is 16.9. The molecule has 0 spiro atoms. The molecule has 124 valence electrons. The lowest BCUT2D eigenvalue weighted by molar-refractivity contribution is -0.210. The Morgan fingerprint density at radius 1 is 1.30 bits per heavy atom. The summed E-state index contributed by atoms with van der Waals surface area (Å²) in [6.07, 6.45) is -9.56. The lowest BCUT2D eigenvalue weighted by atomic mass is 10.0. The third-order valence-corrected chi connectivity index (χ3v) is 4.56. The average Bonchev–Trinajstić information content (AvgIpc) is 3.15. The highest BCUT2D eigenvalue weighted by Gasteiger charge is 2.60. The number of hydrogen-bond acceptors (Lipinski definition) is 2. The van der Waals surface area contributed by atoms with Crippen LogP contribution < -0.4 is 4.90 Å². The normalized spacial score (nSPS) is 27.7. The summed E-state index contributed by atoms with van der Waals surface area (Å²) in [5.74, 6) is -0.227. The number of fused-ring (bicyclic) bond motifs is 1. The van der Waals surface area contributed by atoms with Crippen LogP contribution in [0.5, 0.6) is 0 Å². The van der Waals surface area contributed by atoms with E-state index >= 15 is 0 Å². The van der Waals surface area contributed by atoms with Gasteiger partial charge >= 0.3 is 6.18 Å². The Hall–Kier alpha value is -1.88. The van der Waals surface area contributed by atoms with Gasteiger partial charge in [-0.2, -0.15) is 13.2 Å². The van der Waals surface area contributed by atoms with E-state index in [9.17, 15) is 27.1 Å². The Bertz CT molecular complexity index is 654. The largest absolute Gasteiger partial charge is 0.416 e. The summed E-state index contributed by atoms with van der Waals surface area (Å²) in [4.78, 5) is 4.34. The monoisotopic (exact) mass is 332 g/mol. The van der Waals surface area contributed by atoms with E-state index in [1.807, 2.05) is 0 Å². The van der Waals surface area contributed by atoms with E-state index in [2.05, 4.69) is 4.85 Å². The maximum atomic E-state index is 13.0. The van der Waals surface area contributed by atoms with Crippen LogP contribution in [0.25, 0.3) is 4.85 Å². The van der Waals surface area contributed by atoms with E-state index in [1.54, 1.807) is 0 Å². The van der Waals surface area contributed by atoms with Gasteiger partial charge < -0.3 is 10.0 Å². The van der Waals surface area contributed by atoms with Gasteiger partial charge in [0.25, 0.3) is 6.43 Å². The minimum Gasteiger partial charge on any atom is -0.382 e.